The second kappa shape index (κ2) is 8.27. The molecular weight excluding hydrogens is 462 g/mol. The number of rotatable bonds is 2. The zero-order valence-electron chi connectivity index (χ0n) is 17.9. The van der Waals surface area contributed by atoms with E-state index in [1.54, 1.807) is 0 Å². The molecule has 0 spiro atoms. The molecule has 2 aliphatic rings. The van der Waals surface area contributed by atoms with Gasteiger partial charge in [0.25, 0.3) is 0 Å². The van der Waals surface area contributed by atoms with Crippen molar-refractivity contribution in [2.75, 3.05) is 26.2 Å². The summed E-state index contributed by atoms with van der Waals surface area (Å²) in [6.45, 7) is 3.88. The maximum absolute atomic E-state index is 6.13. The standard InChI is InChI=1S/C27H24BrN3O/c28-19-7-9-24-21(16-19)23(17-29-24)26-20-10-14-32-27(20)22-15-18(6-8-25(22)30-26)5-4-13-31-11-2-1-3-12-31/h6-9,15-17,29H,1-3,10-14H2. The molecule has 2 aliphatic heterocycles. The molecule has 1 N–H and O–H groups in total. The predicted octanol–water partition coefficient (Wildman–Crippen LogP) is 5.92. The first-order valence-corrected chi connectivity index (χ1v) is 12.1. The second-order valence-electron chi connectivity index (χ2n) is 8.63. The number of hydrogen-bond acceptors (Lipinski definition) is 3. The summed E-state index contributed by atoms with van der Waals surface area (Å²) in [5, 5.41) is 2.23. The SMILES string of the molecule is Brc1ccc2[nH]cc(-c3nc4ccc(C#CCN5CCCCC5)cc4c4c3CCO4)c2c1. The highest BCUT2D eigenvalue weighted by atomic mass is 79.9. The van der Waals surface area contributed by atoms with Crippen molar-refractivity contribution in [2.24, 2.45) is 0 Å². The van der Waals surface area contributed by atoms with Gasteiger partial charge in [-0.15, -0.1) is 0 Å². The monoisotopic (exact) mass is 485 g/mol. The molecule has 0 amide bonds. The van der Waals surface area contributed by atoms with E-state index in [0.29, 0.717) is 6.61 Å². The van der Waals surface area contributed by atoms with E-state index in [4.69, 9.17) is 9.72 Å². The van der Waals surface area contributed by atoms with Crippen LogP contribution < -0.4 is 4.74 Å². The number of pyridine rings is 1. The average Bonchev–Trinajstić information content (AvgIpc) is 3.47. The summed E-state index contributed by atoms with van der Waals surface area (Å²) in [5.74, 6) is 7.70. The number of ether oxygens (including phenoxy) is 1. The van der Waals surface area contributed by atoms with Gasteiger partial charge in [-0.1, -0.05) is 34.2 Å². The molecule has 4 heterocycles. The Hall–Kier alpha value is -2.81. The van der Waals surface area contributed by atoms with Crippen LogP contribution in [0, 0.1) is 11.8 Å². The van der Waals surface area contributed by atoms with Crippen molar-refractivity contribution in [3.63, 3.8) is 0 Å². The summed E-state index contributed by atoms with van der Waals surface area (Å²) in [6.07, 6.45) is 6.87. The summed E-state index contributed by atoms with van der Waals surface area (Å²) in [6, 6.07) is 12.6. The number of piperidine rings is 1. The van der Waals surface area contributed by atoms with Gasteiger partial charge in [0.1, 0.15) is 5.75 Å². The molecule has 0 bridgehead atoms. The molecule has 0 aliphatic carbocycles. The Morgan fingerprint density at radius 2 is 1.97 bits per heavy atom. The molecular formula is C27H24BrN3O. The lowest BCUT2D eigenvalue weighted by Crippen LogP contribution is -2.29. The average molecular weight is 486 g/mol. The first kappa shape index (κ1) is 19.8. The van der Waals surface area contributed by atoms with Gasteiger partial charge in [-0.2, -0.15) is 0 Å². The van der Waals surface area contributed by atoms with Crippen molar-refractivity contribution < 1.29 is 4.74 Å². The molecule has 2 aromatic carbocycles. The smallest absolute Gasteiger partial charge is 0.134 e. The van der Waals surface area contributed by atoms with E-state index >= 15 is 0 Å². The fourth-order valence-electron chi connectivity index (χ4n) is 4.89. The summed E-state index contributed by atoms with van der Waals surface area (Å²) < 4.78 is 7.19. The highest BCUT2D eigenvalue weighted by Gasteiger charge is 2.24. The van der Waals surface area contributed by atoms with Gasteiger partial charge in [-0.05, 0) is 62.3 Å². The normalized spacial score (nSPS) is 16.0. The molecule has 1 saturated heterocycles. The van der Waals surface area contributed by atoms with E-state index in [0.717, 1.165) is 56.4 Å². The Kier molecular flexibility index (Phi) is 5.13. The molecule has 0 saturated carbocycles. The molecule has 32 heavy (non-hydrogen) atoms. The molecule has 0 radical (unpaired) electrons. The lowest BCUT2D eigenvalue weighted by atomic mass is 10.00. The Balaban J connectivity index is 1.40. The molecule has 0 unspecified atom stereocenters. The van der Waals surface area contributed by atoms with Crippen LogP contribution in [0.25, 0.3) is 33.1 Å². The minimum absolute atomic E-state index is 0.694. The number of aromatic amines is 1. The number of fused-ring (bicyclic) bond motifs is 4. The molecule has 2 aromatic heterocycles. The maximum atomic E-state index is 6.13. The zero-order valence-corrected chi connectivity index (χ0v) is 19.5. The quantitative estimate of drug-likeness (QED) is 0.358. The first-order valence-electron chi connectivity index (χ1n) is 11.3. The number of likely N-dealkylation sites (tertiary alicyclic amines) is 1. The van der Waals surface area contributed by atoms with Crippen LogP contribution in [-0.2, 0) is 6.42 Å². The number of aromatic nitrogens is 2. The predicted molar refractivity (Wildman–Crippen MR) is 133 cm³/mol. The number of benzene rings is 2. The maximum Gasteiger partial charge on any atom is 0.134 e. The van der Waals surface area contributed by atoms with Crippen LogP contribution in [0.3, 0.4) is 0 Å². The van der Waals surface area contributed by atoms with Crippen molar-refractivity contribution in [3.8, 4) is 28.8 Å². The third-order valence-electron chi connectivity index (χ3n) is 6.51. The number of halogens is 1. The Morgan fingerprint density at radius 1 is 1.06 bits per heavy atom. The van der Waals surface area contributed by atoms with Crippen molar-refractivity contribution >= 4 is 37.7 Å². The first-order chi connectivity index (χ1) is 15.8. The fourth-order valence-corrected chi connectivity index (χ4v) is 5.25. The van der Waals surface area contributed by atoms with Gasteiger partial charge in [0.15, 0.2) is 0 Å². The van der Waals surface area contributed by atoms with E-state index in [1.807, 2.05) is 0 Å². The molecule has 4 aromatic rings. The Labute approximate surface area is 196 Å². The van der Waals surface area contributed by atoms with Gasteiger partial charge < -0.3 is 9.72 Å². The lowest BCUT2D eigenvalue weighted by Gasteiger charge is -2.23. The van der Waals surface area contributed by atoms with Gasteiger partial charge >= 0.3 is 0 Å². The van der Waals surface area contributed by atoms with Crippen LogP contribution in [0.15, 0.2) is 47.1 Å². The van der Waals surface area contributed by atoms with E-state index in [-0.39, 0.29) is 0 Å². The van der Waals surface area contributed by atoms with Crippen LogP contribution in [-0.4, -0.2) is 41.1 Å². The van der Waals surface area contributed by atoms with E-state index in [9.17, 15) is 0 Å². The van der Waals surface area contributed by atoms with Gasteiger partial charge in [-0.3, -0.25) is 4.90 Å². The zero-order chi connectivity index (χ0) is 21.5. The van der Waals surface area contributed by atoms with Gasteiger partial charge in [0.05, 0.1) is 24.4 Å². The van der Waals surface area contributed by atoms with Crippen LogP contribution >= 0.6 is 15.9 Å². The van der Waals surface area contributed by atoms with Crippen LogP contribution in [0.1, 0.15) is 30.4 Å². The van der Waals surface area contributed by atoms with Crippen molar-refractivity contribution in [1.82, 2.24) is 14.9 Å². The minimum atomic E-state index is 0.694. The molecule has 160 valence electrons. The van der Waals surface area contributed by atoms with Crippen LogP contribution in [0.2, 0.25) is 0 Å². The van der Waals surface area contributed by atoms with Crippen LogP contribution in [0.5, 0.6) is 5.75 Å². The number of nitrogens with one attached hydrogen (secondary N) is 1. The summed E-state index contributed by atoms with van der Waals surface area (Å²) in [4.78, 5) is 10.9. The highest BCUT2D eigenvalue weighted by molar-refractivity contribution is 9.10. The molecule has 1 fully saturated rings. The van der Waals surface area contributed by atoms with Crippen molar-refractivity contribution in [1.29, 1.82) is 0 Å². The number of nitrogens with zero attached hydrogens (tertiary/aromatic N) is 2. The highest BCUT2D eigenvalue weighted by Crippen LogP contribution is 2.41. The van der Waals surface area contributed by atoms with Crippen molar-refractivity contribution in [2.45, 2.75) is 25.7 Å². The molecule has 6 rings (SSSR count). The largest absolute Gasteiger partial charge is 0.492 e. The fraction of sp³-hybridized carbons (Fsp3) is 0.296. The minimum Gasteiger partial charge on any atom is -0.492 e. The van der Waals surface area contributed by atoms with Crippen molar-refractivity contribution in [3.05, 3.63) is 58.2 Å². The lowest BCUT2D eigenvalue weighted by molar-refractivity contribution is 0.255. The topological polar surface area (TPSA) is 41.2 Å². The molecule has 0 atom stereocenters. The van der Waals surface area contributed by atoms with E-state index < -0.39 is 0 Å². The second-order valence-corrected chi connectivity index (χ2v) is 9.54. The third kappa shape index (κ3) is 3.58. The van der Waals surface area contributed by atoms with E-state index in [2.05, 4.69) is 80.2 Å². The van der Waals surface area contributed by atoms with Gasteiger partial charge in [0, 0.05) is 50.1 Å². The number of H-pyrrole nitrogens is 1. The van der Waals surface area contributed by atoms with Crippen LogP contribution in [0.4, 0.5) is 0 Å². The van der Waals surface area contributed by atoms with Gasteiger partial charge in [0.2, 0.25) is 0 Å². The third-order valence-corrected chi connectivity index (χ3v) is 7.01. The van der Waals surface area contributed by atoms with E-state index in [1.165, 1.54) is 43.3 Å². The summed E-state index contributed by atoms with van der Waals surface area (Å²) in [7, 11) is 0. The van der Waals surface area contributed by atoms with Gasteiger partial charge in [-0.25, -0.2) is 4.98 Å². The summed E-state index contributed by atoms with van der Waals surface area (Å²) in [5.41, 5.74) is 6.41. The molecule has 5 heteroatoms. The summed E-state index contributed by atoms with van der Waals surface area (Å²) >= 11 is 3.60. The molecule has 4 nitrogen and oxygen atoms in total. The Bertz CT molecular complexity index is 1390. The number of hydrogen-bond donors (Lipinski definition) is 1. The Morgan fingerprint density at radius 3 is 2.88 bits per heavy atom.